The lowest BCUT2D eigenvalue weighted by atomic mass is 10.1. The Morgan fingerprint density at radius 2 is 2.12 bits per heavy atom. The molecule has 1 saturated carbocycles. The summed E-state index contributed by atoms with van der Waals surface area (Å²) in [7, 11) is 3.48. The second-order valence-electron chi connectivity index (χ2n) is 4.48. The van der Waals surface area contributed by atoms with Crippen LogP contribution in [-0.4, -0.2) is 26.6 Å². The Morgan fingerprint density at radius 1 is 1.29 bits per heavy atom. The summed E-state index contributed by atoms with van der Waals surface area (Å²) in [6.45, 7) is 0.762. The van der Waals surface area contributed by atoms with Crippen LogP contribution in [0.25, 0.3) is 0 Å². The first-order chi connectivity index (χ1) is 8.33. The summed E-state index contributed by atoms with van der Waals surface area (Å²) < 4.78 is 10.5. The molecule has 2 nitrogen and oxygen atoms in total. The van der Waals surface area contributed by atoms with Crippen LogP contribution in [0, 0.1) is 5.92 Å². The van der Waals surface area contributed by atoms with Gasteiger partial charge in [-0.2, -0.15) is 0 Å². The van der Waals surface area contributed by atoms with Crippen molar-refractivity contribution >= 4 is 11.8 Å². The molecule has 1 aliphatic carbocycles. The Balaban J connectivity index is 1.98. The molecule has 1 aromatic carbocycles. The van der Waals surface area contributed by atoms with Gasteiger partial charge in [0.05, 0.1) is 13.7 Å². The van der Waals surface area contributed by atoms with Gasteiger partial charge in [-0.3, -0.25) is 0 Å². The van der Waals surface area contributed by atoms with Crippen LogP contribution in [0.5, 0.6) is 5.75 Å². The Labute approximate surface area is 108 Å². The van der Waals surface area contributed by atoms with Crippen molar-refractivity contribution in [1.82, 2.24) is 0 Å². The van der Waals surface area contributed by atoms with E-state index in [4.69, 9.17) is 9.47 Å². The summed E-state index contributed by atoms with van der Waals surface area (Å²) in [5, 5.41) is 0. The number of thioether (sulfide) groups is 1. The first-order valence-electron chi connectivity index (χ1n) is 6.12. The summed E-state index contributed by atoms with van der Waals surface area (Å²) in [4.78, 5) is 1.26. The number of rotatable bonds is 7. The molecule has 17 heavy (non-hydrogen) atoms. The fourth-order valence-corrected chi connectivity index (χ4v) is 2.90. The Kier molecular flexibility index (Phi) is 4.75. The molecule has 0 radical (unpaired) electrons. The van der Waals surface area contributed by atoms with Gasteiger partial charge in [-0.1, -0.05) is 6.07 Å². The van der Waals surface area contributed by atoms with Crippen molar-refractivity contribution in [2.24, 2.45) is 5.92 Å². The van der Waals surface area contributed by atoms with Crippen LogP contribution in [0.4, 0.5) is 0 Å². The lowest BCUT2D eigenvalue weighted by molar-refractivity contribution is 0.202. The summed E-state index contributed by atoms with van der Waals surface area (Å²) in [6.07, 6.45) is 3.75. The molecule has 3 heteroatoms. The van der Waals surface area contributed by atoms with E-state index in [2.05, 4.69) is 18.2 Å². The Morgan fingerprint density at radius 3 is 2.76 bits per heavy atom. The summed E-state index contributed by atoms with van der Waals surface area (Å²) >= 11 is 1.92. The van der Waals surface area contributed by atoms with Crippen molar-refractivity contribution in [3.8, 4) is 5.75 Å². The van der Waals surface area contributed by atoms with Crippen molar-refractivity contribution in [3.05, 3.63) is 23.8 Å². The largest absolute Gasteiger partial charge is 0.496 e. The smallest absolute Gasteiger partial charge is 0.132 e. The maximum absolute atomic E-state index is 5.46. The lowest BCUT2D eigenvalue weighted by Gasteiger charge is -2.10. The highest BCUT2D eigenvalue weighted by molar-refractivity contribution is 7.99. The van der Waals surface area contributed by atoms with Crippen molar-refractivity contribution in [2.75, 3.05) is 26.6 Å². The van der Waals surface area contributed by atoms with Gasteiger partial charge in [-0.15, -0.1) is 11.8 Å². The van der Waals surface area contributed by atoms with E-state index < -0.39 is 0 Å². The molecular formula is C14H20O2S. The zero-order valence-electron chi connectivity index (χ0n) is 10.6. The van der Waals surface area contributed by atoms with Gasteiger partial charge >= 0.3 is 0 Å². The van der Waals surface area contributed by atoms with Gasteiger partial charge in [0.2, 0.25) is 0 Å². The van der Waals surface area contributed by atoms with E-state index in [0.29, 0.717) is 0 Å². The Hall–Kier alpha value is -0.670. The van der Waals surface area contributed by atoms with Gasteiger partial charge in [0.25, 0.3) is 0 Å². The van der Waals surface area contributed by atoms with Gasteiger partial charge in [0.15, 0.2) is 0 Å². The minimum absolute atomic E-state index is 0.762. The van der Waals surface area contributed by atoms with E-state index in [0.717, 1.165) is 24.7 Å². The van der Waals surface area contributed by atoms with E-state index in [1.54, 1.807) is 14.2 Å². The quantitative estimate of drug-likeness (QED) is 0.693. The van der Waals surface area contributed by atoms with E-state index in [1.807, 2.05) is 11.8 Å². The topological polar surface area (TPSA) is 18.5 Å². The molecule has 0 atom stereocenters. The minimum Gasteiger partial charge on any atom is -0.496 e. The highest BCUT2D eigenvalue weighted by Crippen LogP contribution is 2.38. The highest BCUT2D eigenvalue weighted by Gasteiger charge is 2.21. The van der Waals surface area contributed by atoms with Gasteiger partial charge in [-0.25, -0.2) is 0 Å². The molecule has 1 aliphatic rings. The first-order valence-corrected chi connectivity index (χ1v) is 7.10. The molecule has 0 N–H and O–H groups in total. The summed E-state index contributed by atoms with van der Waals surface area (Å²) in [5.41, 5.74) is 1.28. The van der Waals surface area contributed by atoms with Gasteiger partial charge in [0, 0.05) is 17.8 Å². The molecule has 1 aromatic rings. The zero-order chi connectivity index (χ0) is 12.1. The van der Waals surface area contributed by atoms with E-state index >= 15 is 0 Å². The third-order valence-electron chi connectivity index (χ3n) is 2.99. The van der Waals surface area contributed by atoms with Crippen LogP contribution in [-0.2, 0) is 11.2 Å². The molecule has 2 rings (SSSR count). The van der Waals surface area contributed by atoms with E-state index in [-0.39, 0.29) is 0 Å². The van der Waals surface area contributed by atoms with Crippen LogP contribution in [0.3, 0.4) is 0 Å². The van der Waals surface area contributed by atoms with E-state index in [9.17, 15) is 0 Å². The fourth-order valence-electron chi connectivity index (χ4n) is 1.70. The van der Waals surface area contributed by atoms with Gasteiger partial charge in [-0.05, 0) is 42.9 Å². The second kappa shape index (κ2) is 6.31. The third-order valence-corrected chi connectivity index (χ3v) is 4.28. The normalized spacial score (nSPS) is 14.9. The number of methoxy groups -OCH3 is 2. The number of hydrogen-bond donors (Lipinski definition) is 0. The lowest BCUT2D eigenvalue weighted by Crippen LogP contribution is -1.96. The summed E-state index contributed by atoms with van der Waals surface area (Å²) in [6, 6.07) is 6.49. The van der Waals surface area contributed by atoms with E-state index in [1.165, 1.54) is 29.1 Å². The standard InChI is InChI=1S/C14H20O2S/c1-15-8-7-11-5-6-14(13(9-11)16-2)17-10-12-3-4-12/h5-6,9,12H,3-4,7-8,10H2,1-2H3. The molecule has 0 spiro atoms. The molecule has 0 amide bonds. The molecule has 94 valence electrons. The average molecular weight is 252 g/mol. The predicted molar refractivity (Wildman–Crippen MR) is 72.0 cm³/mol. The number of hydrogen-bond acceptors (Lipinski definition) is 3. The molecule has 1 fully saturated rings. The third kappa shape index (κ3) is 3.93. The van der Waals surface area contributed by atoms with Gasteiger partial charge in [0.1, 0.15) is 5.75 Å². The van der Waals surface area contributed by atoms with Gasteiger partial charge < -0.3 is 9.47 Å². The maximum atomic E-state index is 5.46. The number of ether oxygens (including phenoxy) is 2. The molecule has 0 aliphatic heterocycles. The van der Waals surface area contributed by atoms with Crippen LogP contribution >= 0.6 is 11.8 Å². The number of benzene rings is 1. The van der Waals surface area contributed by atoms with Crippen LogP contribution in [0.1, 0.15) is 18.4 Å². The van der Waals surface area contributed by atoms with Crippen LogP contribution < -0.4 is 4.74 Å². The maximum Gasteiger partial charge on any atom is 0.132 e. The fraction of sp³-hybridized carbons (Fsp3) is 0.571. The molecule has 0 unspecified atom stereocenters. The molecule has 0 heterocycles. The summed E-state index contributed by atoms with van der Waals surface area (Å²) in [5.74, 6) is 3.18. The van der Waals surface area contributed by atoms with Crippen LogP contribution in [0.15, 0.2) is 23.1 Å². The van der Waals surface area contributed by atoms with Crippen molar-refractivity contribution in [1.29, 1.82) is 0 Å². The zero-order valence-corrected chi connectivity index (χ0v) is 11.4. The van der Waals surface area contributed by atoms with Crippen molar-refractivity contribution in [3.63, 3.8) is 0 Å². The molecular weight excluding hydrogens is 232 g/mol. The molecule has 0 aromatic heterocycles. The Bertz CT molecular complexity index is 361. The average Bonchev–Trinajstić information content (AvgIpc) is 3.18. The second-order valence-corrected chi connectivity index (χ2v) is 5.54. The first kappa shape index (κ1) is 12.8. The molecule has 0 bridgehead atoms. The van der Waals surface area contributed by atoms with Crippen LogP contribution in [0.2, 0.25) is 0 Å². The van der Waals surface area contributed by atoms with Crippen molar-refractivity contribution in [2.45, 2.75) is 24.2 Å². The predicted octanol–water partition coefficient (Wildman–Crippen LogP) is 3.39. The monoisotopic (exact) mass is 252 g/mol. The molecule has 0 saturated heterocycles. The van der Waals surface area contributed by atoms with Crippen molar-refractivity contribution < 1.29 is 9.47 Å². The minimum atomic E-state index is 0.762. The SMILES string of the molecule is COCCc1ccc(SCC2CC2)c(OC)c1. The highest BCUT2D eigenvalue weighted by atomic mass is 32.2.